The number of carbonyl (C=O) groups is 1. The summed E-state index contributed by atoms with van der Waals surface area (Å²) in [6, 6.07) is 10.6. The van der Waals surface area contributed by atoms with Crippen LogP contribution in [0.2, 0.25) is 26.2 Å². The summed E-state index contributed by atoms with van der Waals surface area (Å²) < 4.78 is 0. The fourth-order valence-corrected chi connectivity index (χ4v) is 14.9. The molecule has 24 heavy (non-hydrogen) atoms. The van der Waals surface area contributed by atoms with Crippen molar-refractivity contribution in [1.82, 2.24) is 0 Å². The topological polar surface area (TPSA) is 43.1 Å². The Labute approximate surface area is 145 Å². The molecule has 4 heteroatoms. The highest BCUT2D eigenvalue weighted by molar-refractivity contribution is 7.57. The molecule has 0 saturated heterocycles. The molecule has 0 radical (unpaired) electrons. The maximum atomic E-state index is 12.2. The SMILES string of the molecule is C[Si]1(C)c2ccc(C(N)=O)c(-c3cccc4c3C=CC4)c2[Si]1(C)C. The Kier molecular flexibility index (Phi) is 3.12. The van der Waals surface area contributed by atoms with Crippen LogP contribution in [-0.2, 0) is 6.42 Å². The third kappa shape index (κ3) is 1.78. The van der Waals surface area contributed by atoms with E-state index < -0.39 is 15.2 Å². The third-order valence-corrected chi connectivity index (χ3v) is 24.3. The number of primary amides is 1. The van der Waals surface area contributed by atoms with Crippen LogP contribution in [0, 0.1) is 0 Å². The Balaban J connectivity index is 2.10. The van der Waals surface area contributed by atoms with Gasteiger partial charge in [0.25, 0.3) is 0 Å². The summed E-state index contributed by atoms with van der Waals surface area (Å²) in [6.07, 6.45) is 5.38. The Morgan fingerprint density at radius 3 is 2.50 bits per heavy atom. The molecule has 0 aromatic heterocycles. The van der Waals surface area contributed by atoms with E-state index in [-0.39, 0.29) is 5.91 Å². The number of nitrogens with two attached hydrogens (primary N) is 1. The average Bonchev–Trinajstić information content (AvgIpc) is 3.01. The number of benzene rings is 2. The van der Waals surface area contributed by atoms with Gasteiger partial charge < -0.3 is 5.73 Å². The molecule has 0 bridgehead atoms. The van der Waals surface area contributed by atoms with Gasteiger partial charge in [0, 0.05) is 5.56 Å². The Morgan fingerprint density at radius 1 is 1.04 bits per heavy atom. The molecule has 2 aliphatic rings. The molecular formula is C20H23NOSi2. The highest BCUT2D eigenvalue weighted by Crippen LogP contribution is 2.37. The molecule has 2 nitrogen and oxygen atoms in total. The molecule has 0 fully saturated rings. The van der Waals surface area contributed by atoms with Gasteiger partial charge in [0.1, 0.15) is 0 Å². The van der Waals surface area contributed by atoms with Crippen molar-refractivity contribution < 1.29 is 4.79 Å². The fourth-order valence-electron chi connectivity index (χ4n) is 4.35. The van der Waals surface area contributed by atoms with E-state index in [2.05, 4.69) is 62.6 Å². The molecule has 2 N–H and O–H groups in total. The molecule has 1 heterocycles. The van der Waals surface area contributed by atoms with Crippen LogP contribution in [-0.4, -0.2) is 21.1 Å². The number of hydrogen-bond acceptors (Lipinski definition) is 1. The molecule has 1 aliphatic heterocycles. The smallest absolute Gasteiger partial charge is 0.249 e. The first-order chi connectivity index (χ1) is 11.3. The molecule has 0 saturated carbocycles. The highest BCUT2D eigenvalue weighted by atomic mass is 29.3. The lowest BCUT2D eigenvalue weighted by molar-refractivity contribution is 0.100. The number of fused-ring (bicyclic) bond motifs is 2. The fraction of sp³-hybridized carbons (Fsp3) is 0.250. The van der Waals surface area contributed by atoms with Crippen LogP contribution < -0.4 is 16.1 Å². The normalized spacial score (nSPS) is 18.7. The zero-order valence-corrected chi connectivity index (χ0v) is 16.7. The lowest BCUT2D eigenvalue weighted by Crippen LogP contribution is -2.85. The number of hydrogen-bond donors (Lipinski definition) is 1. The van der Waals surface area contributed by atoms with Crippen molar-refractivity contribution in [1.29, 1.82) is 0 Å². The molecule has 2 aromatic carbocycles. The van der Waals surface area contributed by atoms with Gasteiger partial charge in [0.2, 0.25) is 5.91 Å². The van der Waals surface area contributed by atoms with Crippen molar-refractivity contribution in [3.63, 3.8) is 0 Å². The van der Waals surface area contributed by atoms with Crippen molar-refractivity contribution in [2.24, 2.45) is 5.73 Å². The van der Waals surface area contributed by atoms with E-state index >= 15 is 0 Å². The first-order valence-electron chi connectivity index (χ1n) is 8.53. The number of carbonyl (C=O) groups excluding carboxylic acids is 1. The Bertz CT molecular complexity index is 925. The second kappa shape index (κ2) is 4.80. The van der Waals surface area contributed by atoms with Crippen LogP contribution >= 0.6 is 0 Å². The predicted molar refractivity (Wildman–Crippen MR) is 107 cm³/mol. The number of rotatable bonds is 2. The van der Waals surface area contributed by atoms with Crippen molar-refractivity contribution in [3.8, 4) is 11.1 Å². The van der Waals surface area contributed by atoms with E-state index in [9.17, 15) is 4.79 Å². The molecule has 4 rings (SSSR count). The first-order valence-corrected chi connectivity index (χ1v) is 15.5. The van der Waals surface area contributed by atoms with Gasteiger partial charge in [-0.15, -0.1) is 0 Å². The van der Waals surface area contributed by atoms with Crippen LogP contribution in [0.5, 0.6) is 0 Å². The quantitative estimate of drug-likeness (QED) is 0.832. The van der Waals surface area contributed by atoms with Gasteiger partial charge in [-0.05, 0) is 34.7 Å². The summed E-state index contributed by atoms with van der Waals surface area (Å²) in [5, 5.41) is 3.00. The zero-order chi connectivity index (χ0) is 17.3. The van der Waals surface area contributed by atoms with E-state index in [4.69, 9.17) is 5.73 Å². The maximum Gasteiger partial charge on any atom is 0.249 e. The first kappa shape index (κ1) is 15.6. The zero-order valence-electron chi connectivity index (χ0n) is 14.7. The second-order valence-corrected chi connectivity index (χ2v) is 23.0. The van der Waals surface area contributed by atoms with Crippen LogP contribution in [0.25, 0.3) is 17.2 Å². The maximum absolute atomic E-state index is 12.2. The monoisotopic (exact) mass is 349 g/mol. The van der Waals surface area contributed by atoms with Crippen molar-refractivity contribution in [2.75, 3.05) is 0 Å². The summed E-state index contributed by atoms with van der Waals surface area (Å²) in [7, 11) is -2.91. The molecule has 1 aliphatic carbocycles. The minimum atomic E-state index is -1.53. The van der Waals surface area contributed by atoms with Gasteiger partial charge in [0.15, 0.2) is 0 Å². The summed E-state index contributed by atoms with van der Waals surface area (Å²) in [5.74, 6) is -0.316. The van der Waals surface area contributed by atoms with Gasteiger partial charge in [-0.3, -0.25) is 4.79 Å². The van der Waals surface area contributed by atoms with E-state index in [0.29, 0.717) is 5.56 Å². The number of amides is 1. The van der Waals surface area contributed by atoms with Crippen LogP contribution in [0.3, 0.4) is 0 Å². The minimum absolute atomic E-state index is 0.316. The largest absolute Gasteiger partial charge is 0.366 e. The standard InChI is InChI=1S/C20H23NOSi2/c1-23(2)17-12-11-16(20(21)22)18(19(17)24(23,3)4)15-10-6-8-13-7-5-9-14(13)15/h5-6,8-12H,7H2,1-4H3,(H2,21,22). The molecule has 2 aromatic rings. The van der Waals surface area contributed by atoms with Crippen molar-refractivity contribution in [3.05, 3.63) is 53.1 Å². The van der Waals surface area contributed by atoms with Crippen LogP contribution in [0.15, 0.2) is 36.4 Å². The van der Waals surface area contributed by atoms with E-state index in [1.807, 2.05) is 6.07 Å². The predicted octanol–water partition coefficient (Wildman–Crippen LogP) is 2.94. The van der Waals surface area contributed by atoms with E-state index in [1.165, 1.54) is 27.1 Å². The van der Waals surface area contributed by atoms with Crippen molar-refractivity contribution >= 4 is 37.5 Å². The molecule has 0 atom stereocenters. The third-order valence-electron chi connectivity index (χ3n) is 6.42. The van der Waals surface area contributed by atoms with Gasteiger partial charge in [-0.2, -0.15) is 0 Å². The molecule has 0 unspecified atom stereocenters. The van der Waals surface area contributed by atoms with Gasteiger partial charge in [0.05, 0.1) is 15.2 Å². The summed E-state index contributed by atoms with van der Waals surface area (Å²) in [6.45, 7) is 9.89. The van der Waals surface area contributed by atoms with Gasteiger partial charge >= 0.3 is 0 Å². The van der Waals surface area contributed by atoms with Gasteiger partial charge in [-0.1, -0.05) is 73.0 Å². The second-order valence-electron chi connectivity index (χ2n) is 8.01. The molecule has 122 valence electrons. The van der Waals surface area contributed by atoms with Crippen molar-refractivity contribution in [2.45, 2.75) is 32.6 Å². The lowest BCUT2D eigenvalue weighted by Gasteiger charge is -2.52. The summed E-state index contributed by atoms with van der Waals surface area (Å²) in [5.41, 5.74) is 11.4. The minimum Gasteiger partial charge on any atom is -0.366 e. The number of allylic oxidation sites excluding steroid dienone is 1. The van der Waals surface area contributed by atoms with E-state index in [1.54, 1.807) is 0 Å². The molecule has 0 spiro atoms. The summed E-state index contributed by atoms with van der Waals surface area (Å²) in [4.78, 5) is 12.2. The lowest BCUT2D eigenvalue weighted by atomic mass is 9.93. The summed E-state index contributed by atoms with van der Waals surface area (Å²) >= 11 is 0. The van der Waals surface area contributed by atoms with Crippen LogP contribution in [0.1, 0.15) is 21.5 Å². The molecule has 1 amide bonds. The Hall–Kier alpha value is -1.92. The molecular weight excluding hydrogens is 326 g/mol. The van der Waals surface area contributed by atoms with E-state index in [0.717, 1.165) is 12.0 Å². The average molecular weight is 350 g/mol. The van der Waals surface area contributed by atoms with Gasteiger partial charge in [-0.25, -0.2) is 0 Å². The highest BCUT2D eigenvalue weighted by Gasteiger charge is 2.56. The Morgan fingerprint density at radius 2 is 1.79 bits per heavy atom. The van der Waals surface area contributed by atoms with Crippen LogP contribution in [0.4, 0.5) is 0 Å².